The molecule has 0 radical (unpaired) electrons. The Morgan fingerprint density at radius 1 is 1.04 bits per heavy atom. The number of ketones is 1. The zero-order chi connectivity index (χ0) is 17.5. The van der Waals surface area contributed by atoms with Gasteiger partial charge >= 0.3 is 5.97 Å². The number of carboxylic acids is 1. The molecule has 24 heavy (non-hydrogen) atoms. The fourth-order valence-corrected chi connectivity index (χ4v) is 2.11. The second-order valence-electron chi connectivity index (χ2n) is 4.80. The van der Waals surface area contributed by atoms with Crippen molar-refractivity contribution in [1.82, 2.24) is 0 Å². The highest BCUT2D eigenvalue weighted by atomic mass is 16.7. The molecule has 0 bridgehead atoms. The van der Waals surface area contributed by atoms with Gasteiger partial charge in [0.05, 0.1) is 18.2 Å². The van der Waals surface area contributed by atoms with Crippen LogP contribution in [0.3, 0.4) is 0 Å². The van der Waals surface area contributed by atoms with Crippen LogP contribution < -0.4 is 9.47 Å². The summed E-state index contributed by atoms with van der Waals surface area (Å²) in [6, 6.07) is 10.7. The van der Waals surface area contributed by atoms with Gasteiger partial charge in [-0.3, -0.25) is 4.79 Å². The molecule has 0 heterocycles. The lowest BCUT2D eigenvalue weighted by Crippen LogP contribution is -2.10. The van der Waals surface area contributed by atoms with E-state index in [-0.39, 0.29) is 18.1 Å². The van der Waals surface area contributed by atoms with Crippen LogP contribution in [0, 0.1) is 0 Å². The molecule has 0 spiro atoms. The summed E-state index contributed by atoms with van der Waals surface area (Å²) in [4.78, 5) is 23.6. The molecule has 0 saturated carbocycles. The molecule has 0 atom stereocenters. The molecule has 6 nitrogen and oxygen atoms in total. The molecule has 0 amide bonds. The standard InChI is InChI=1S/C18H18O6/c1-3-23-11-24-17-14(5-4-6-15(17)22-2)16(19)12-7-9-13(10-8-12)18(20)21/h4-10H,3,11H2,1-2H3,(H,20,21). The fourth-order valence-electron chi connectivity index (χ4n) is 2.11. The molecule has 2 aromatic rings. The number of hydrogen-bond acceptors (Lipinski definition) is 5. The van der Waals surface area contributed by atoms with Gasteiger partial charge in [-0.25, -0.2) is 4.79 Å². The maximum absolute atomic E-state index is 12.7. The summed E-state index contributed by atoms with van der Waals surface area (Å²) in [7, 11) is 1.48. The van der Waals surface area contributed by atoms with Gasteiger partial charge in [0.15, 0.2) is 24.1 Å². The highest BCUT2D eigenvalue weighted by molar-refractivity contribution is 6.11. The van der Waals surface area contributed by atoms with Crippen molar-refractivity contribution in [3.8, 4) is 11.5 Å². The van der Waals surface area contributed by atoms with Crippen LogP contribution in [0.15, 0.2) is 42.5 Å². The third-order valence-electron chi connectivity index (χ3n) is 3.33. The van der Waals surface area contributed by atoms with Gasteiger partial charge in [0.2, 0.25) is 0 Å². The number of carbonyl (C=O) groups excluding carboxylic acids is 1. The van der Waals surface area contributed by atoms with E-state index in [0.29, 0.717) is 29.2 Å². The Bertz CT molecular complexity index is 721. The molecule has 0 saturated heterocycles. The van der Waals surface area contributed by atoms with Gasteiger partial charge in [0, 0.05) is 12.2 Å². The van der Waals surface area contributed by atoms with E-state index in [0.717, 1.165) is 0 Å². The average molecular weight is 330 g/mol. The molecule has 0 aliphatic rings. The van der Waals surface area contributed by atoms with Crippen LogP contribution in [0.5, 0.6) is 11.5 Å². The van der Waals surface area contributed by atoms with Gasteiger partial charge in [-0.15, -0.1) is 0 Å². The van der Waals surface area contributed by atoms with Gasteiger partial charge < -0.3 is 19.3 Å². The van der Waals surface area contributed by atoms with Crippen LogP contribution in [-0.4, -0.2) is 37.4 Å². The highest BCUT2D eigenvalue weighted by Gasteiger charge is 2.19. The van der Waals surface area contributed by atoms with Gasteiger partial charge in [0.25, 0.3) is 0 Å². The van der Waals surface area contributed by atoms with Crippen LogP contribution >= 0.6 is 0 Å². The lowest BCUT2D eigenvalue weighted by Gasteiger charge is -2.14. The number of hydrogen-bond donors (Lipinski definition) is 1. The third-order valence-corrected chi connectivity index (χ3v) is 3.33. The van der Waals surface area contributed by atoms with Crippen LogP contribution in [0.1, 0.15) is 33.2 Å². The van der Waals surface area contributed by atoms with Crippen LogP contribution in [0.4, 0.5) is 0 Å². The van der Waals surface area contributed by atoms with Crippen molar-refractivity contribution in [1.29, 1.82) is 0 Å². The van der Waals surface area contributed by atoms with Crippen LogP contribution in [0.25, 0.3) is 0 Å². The molecule has 0 unspecified atom stereocenters. The number of para-hydroxylation sites is 1. The average Bonchev–Trinajstić information content (AvgIpc) is 2.61. The minimum Gasteiger partial charge on any atom is -0.493 e. The number of carbonyl (C=O) groups is 2. The second kappa shape index (κ2) is 8.12. The number of ether oxygens (including phenoxy) is 3. The normalized spacial score (nSPS) is 10.2. The van der Waals surface area contributed by atoms with Gasteiger partial charge in [-0.05, 0) is 31.2 Å². The number of rotatable bonds is 8. The Kier molecular flexibility index (Phi) is 5.92. The van der Waals surface area contributed by atoms with Crippen LogP contribution in [-0.2, 0) is 4.74 Å². The van der Waals surface area contributed by atoms with Crippen LogP contribution in [0.2, 0.25) is 0 Å². The maximum atomic E-state index is 12.7. The first-order chi connectivity index (χ1) is 11.6. The summed E-state index contributed by atoms with van der Waals surface area (Å²) in [5.74, 6) is -0.628. The molecule has 2 aromatic carbocycles. The first-order valence-corrected chi connectivity index (χ1v) is 7.34. The topological polar surface area (TPSA) is 82.1 Å². The Morgan fingerprint density at radius 3 is 2.29 bits per heavy atom. The van der Waals surface area contributed by atoms with E-state index in [9.17, 15) is 9.59 Å². The van der Waals surface area contributed by atoms with E-state index in [4.69, 9.17) is 19.3 Å². The Hall–Kier alpha value is -2.86. The van der Waals surface area contributed by atoms with E-state index in [1.54, 1.807) is 18.2 Å². The smallest absolute Gasteiger partial charge is 0.335 e. The van der Waals surface area contributed by atoms with Crippen molar-refractivity contribution in [3.05, 3.63) is 59.2 Å². The van der Waals surface area contributed by atoms with E-state index in [1.807, 2.05) is 6.92 Å². The fraction of sp³-hybridized carbons (Fsp3) is 0.222. The van der Waals surface area contributed by atoms with Crippen molar-refractivity contribution in [2.24, 2.45) is 0 Å². The largest absolute Gasteiger partial charge is 0.493 e. The molecule has 0 fully saturated rings. The highest BCUT2D eigenvalue weighted by Crippen LogP contribution is 2.32. The number of methoxy groups -OCH3 is 1. The SMILES string of the molecule is CCOCOc1c(OC)cccc1C(=O)c1ccc(C(=O)O)cc1. The third kappa shape index (κ3) is 3.91. The van der Waals surface area contributed by atoms with E-state index in [1.165, 1.54) is 31.4 Å². The Balaban J connectivity index is 2.35. The number of benzene rings is 2. The van der Waals surface area contributed by atoms with Crippen molar-refractivity contribution in [2.45, 2.75) is 6.92 Å². The summed E-state index contributed by atoms with van der Waals surface area (Å²) in [5.41, 5.74) is 0.789. The molecule has 0 aliphatic heterocycles. The minimum atomic E-state index is -1.05. The summed E-state index contributed by atoms with van der Waals surface area (Å²) < 4.78 is 15.9. The summed E-state index contributed by atoms with van der Waals surface area (Å²) in [6.45, 7) is 2.31. The predicted molar refractivity (Wildman–Crippen MR) is 86.9 cm³/mol. The zero-order valence-corrected chi connectivity index (χ0v) is 13.4. The molecule has 6 heteroatoms. The first kappa shape index (κ1) is 17.5. The molecular formula is C18H18O6. The van der Waals surface area contributed by atoms with Crippen molar-refractivity contribution in [3.63, 3.8) is 0 Å². The quantitative estimate of drug-likeness (QED) is 0.455. The Labute approximate surface area is 139 Å². The molecule has 0 aromatic heterocycles. The molecule has 0 aliphatic carbocycles. The zero-order valence-electron chi connectivity index (χ0n) is 13.4. The van der Waals surface area contributed by atoms with Crippen molar-refractivity contribution >= 4 is 11.8 Å². The van der Waals surface area contributed by atoms with Gasteiger partial charge in [-0.2, -0.15) is 0 Å². The number of carboxylic acid groups (broad SMARTS) is 1. The van der Waals surface area contributed by atoms with Gasteiger partial charge in [0.1, 0.15) is 0 Å². The summed E-state index contributed by atoms with van der Waals surface area (Å²) in [5, 5.41) is 8.93. The Morgan fingerprint density at radius 2 is 1.71 bits per heavy atom. The monoisotopic (exact) mass is 330 g/mol. The van der Waals surface area contributed by atoms with Gasteiger partial charge in [-0.1, -0.05) is 18.2 Å². The first-order valence-electron chi connectivity index (χ1n) is 7.34. The maximum Gasteiger partial charge on any atom is 0.335 e. The lowest BCUT2D eigenvalue weighted by atomic mass is 10.0. The van der Waals surface area contributed by atoms with Crippen molar-refractivity contribution < 1.29 is 28.9 Å². The summed E-state index contributed by atoms with van der Waals surface area (Å²) in [6.07, 6.45) is 0. The van der Waals surface area contributed by atoms with Crippen molar-refractivity contribution in [2.75, 3.05) is 20.5 Å². The van der Waals surface area contributed by atoms with E-state index < -0.39 is 5.97 Å². The lowest BCUT2D eigenvalue weighted by molar-refractivity contribution is 0.0204. The minimum absolute atomic E-state index is 0.00486. The molecular weight excluding hydrogens is 312 g/mol. The second-order valence-corrected chi connectivity index (χ2v) is 4.80. The van der Waals surface area contributed by atoms with E-state index >= 15 is 0 Å². The summed E-state index contributed by atoms with van der Waals surface area (Å²) >= 11 is 0. The molecule has 126 valence electrons. The molecule has 2 rings (SSSR count). The number of aromatic carboxylic acids is 1. The molecule has 1 N–H and O–H groups in total. The predicted octanol–water partition coefficient (Wildman–Crippen LogP) is 3.00. The van der Waals surface area contributed by atoms with E-state index in [2.05, 4.69) is 0 Å².